The third-order valence-corrected chi connectivity index (χ3v) is 5.69. The molecule has 2 saturated carbocycles. The molecule has 2 heteroatoms. The molecule has 2 spiro atoms. The zero-order valence-electron chi connectivity index (χ0n) is 10.2. The van der Waals surface area contributed by atoms with Gasteiger partial charge < -0.3 is 5.32 Å². The summed E-state index contributed by atoms with van der Waals surface area (Å²) in [5.41, 5.74) is 0.845. The Labute approximate surface area is 104 Å². The van der Waals surface area contributed by atoms with Gasteiger partial charge in [0.05, 0.1) is 4.99 Å². The molecule has 0 atom stereocenters. The molecule has 90 valence electrons. The van der Waals surface area contributed by atoms with Gasteiger partial charge in [0.2, 0.25) is 0 Å². The first-order chi connectivity index (χ1) is 7.75. The summed E-state index contributed by atoms with van der Waals surface area (Å²) in [6.45, 7) is 0. The quantitative estimate of drug-likeness (QED) is 0.640. The Morgan fingerprint density at radius 1 is 0.812 bits per heavy atom. The van der Waals surface area contributed by atoms with Crippen LogP contribution in [0.15, 0.2) is 0 Å². The third-order valence-electron chi connectivity index (χ3n) is 5.16. The van der Waals surface area contributed by atoms with Crippen LogP contribution < -0.4 is 5.32 Å². The molecule has 0 radical (unpaired) electrons. The molecule has 1 aliphatic heterocycles. The second kappa shape index (κ2) is 3.97. The van der Waals surface area contributed by atoms with Crippen molar-refractivity contribution in [3.63, 3.8) is 0 Å². The molecular formula is C14H23NS. The summed E-state index contributed by atoms with van der Waals surface area (Å²) in [6.07, 6.45) is 15.3. The largest absolute Gasteiger partial charge is 0.374 e. The summed E-state index contributed by atoms with van der Waals surface area (Å²) < 4.78 is 0. The van der Waals surface area contributed by atoms with Crippen molar-refractivity contribution in [2.45, 2.75) is 76.2 Å². The Bertz CT molecular complexity index is 285. The smallest absolute Gasteiger partial charge is 0.0821 e. The SMILES string of the molecule is S=C1NC2(CCCCC2)CC12CCCCC2. The summed E-state index contributed by atoms with van der Waals surface area (Å²) in [7, 11) is 0. The van der Waals surface area contributed by atoms with Crippen LogP contribution in [0.2, 0.25) is 0 Å². The molecule has 1 heterocycles. The molecule has 0 aromatic rings. The van der Waals surface area contributed by atoms with Gasteiger partial charge in [-0.15, -0.1) is 0 Å². The van der Waals surface area contributed by atoms with E-state index in [0.29, 0.717) is 11.0 Å². The zero-order chi connectivity index (χ0) is 11.1. The van der Waals surface area contributed by atoms with Crippen molar-refractivity contribution in [2.75, 3.05) is 0 Å². The lowest BCUT2D eigenvalue weighted by Crippen LogP contribution is -2.42. The molecule has 1 saturated heterocycles. The first-order valence-electron chi connectivity index (χ1n) is 7.08. The topological polar surface area (TPSA) is 12.0 Å². The summed E-state index contributed by atoms with van der Waals surface area (Å²) in [5.74, 6) is 0. The fourth-order valence-electron chi connectivity index (χ4n) is 4.31. The number of hydrogen-bond donors (Lipinski definition) is 1. The minimum Gasteiger partial charge on any atom is -0.374 e. The minimum absolute atomic E-state index is 0.422. The van der Waals surface area contributed by atoms with Crippen molar-refractivity contribution >= 4 is 17.2 Å². The molecule has 2 aliphatic carbocycles. The van der Waals surface area contributed by atoms with Crippen molar-refractivity contribution in [2.24, 2.45) is 5.41 Å². The predicted molar refractivity (Wildman–Crippen MR) is 71.7 cm³/mol. The van der Waals surface area contributed by atoms with E-state index in [4.69, 9.17) is 12.2 Å². The molecule has 0 unspecified atom stereocenters. The Morgan fingerprint density at radius 2 is 1.38 bits per heavy atom. The first kappa shape index (κ1) is 11.0. The van der Waals surface area contributed by atoms with Crippen LogP contribution in [0.25, 0.3) is 0 Å². The van der Waals surface area contributed by atoms with E-state index in [1.165, 1.54) is 75.6 Å². The van der Waals surface area contributed by atoms with Gasteiger partial charge in [-0.1, -0.05) is 50.7 Å². The van der Waals surface area contributed by atoms with Crippen molar-refractivity contribution < 1.29 is 0 Å². The average Bonchev–Trinajstić information content (AvgIpc) is 2.54. The van der Waals surface area contributed by atoms with E-state index >= 15 is 0 Å². The van der Waals surface area contributed by atoms with Gasteiger partial charge in [0.15, 0.2) is 0 Å². The molecule has 3 fully saturated rings. The van der Waals surface area contributed by atoms with Crippen LogP contribution >= 0.6 is 12.2 Å². The number of thiocarbonyl (C=S) groups is 1. The van der Waals surface area contributed by atoms with E-state index < -0.39 is 0 Å². The van der Waals surface area contributed by atoms with Crippen molar-refractivity contribution in [1.29, 1.82) is 0 Å². The van der Waals surface area contributed by atoms with Crippen molar-refractivity contribution in [1.82, 2.24) is 5.32 Å². The van der Waals surface area contributed by atoms with Crippen LogP contribution in [0, 0.1) is 5.41 Å². The molecule has 0 aromatic carbocycles. The maximum absolute atomic E-state index is 5.69. The van der Waals surface area contributed by atoms with E-state index in [1.54, 1.807) is 0 Å². The van der Waals surface area contributed by atoms with Crippen LogP contribution in [-0.4, -0.2) is 10.5 Å². The second-order valence-electron chi connectivity index (χ2n) is 6.31. The number of rotatable bonds is 0. The fourth-order valence-corrected chi connectivity index (χ4v) is 4.80. The molecule has 3 aliphatic rings. The molecule has 3 rings (SSSR count). The zero-order valence-corrected chi connectivity index (χ0v) is 11.0. The normalized spacial score (nSPS) is 31.9. The van der Waals surface area contributed by atoms with Crippen LogP contribution in [0.5, 0.6) is 0 Å². The number of hydrogen-bond acceptors (Lipinski definition) is 1. The van der Waals surface area contributed by atoms with Gasteiger partial charge >= 0.3 is 0 Å². The Balaban J connectivity index is 1.80. The fraction of sp³-hybridized carbons (Fsp3) is 0.929. The van der Waals surface area contributed by atoms with Gasteiger partial charge in [-0.3, -0.25) is 0 Å². The van der Waals surface area contributed by atoms with Crippen LogP contribution in [0.1, 0.15) is 70.6 Å². The molecule has 0 bridgehead atoms. The summed E-state index contributed by atoms with van der Waals surface area (Å²) in [5, 5.41) is 3.76. The Kier molecular flexibility index (Phi) is 2.73. The highest BCUT2D eigenvalue weighted by atomic mass is 32.1. The Hall–Kier alpha value is -0.110. The van der Waals surface area contributed by atoms with E-state index in [0.717, 1.165) is 0 Å². The average molecular weight is 237 g/mol. The van der Waals surface area contributed by atoms with Gasteiger partial charge in [-0.05, 0) is 32.1 Å². The van der Waals surface area contributed by atoms with Gasteiger partial charge in [-0.2, -0.15) is 0 Å². The van der Waals surface area contributed by atoms with Gasteiger partial charge in [0.25, 0.3) is 0 Å². The molecule has 0 aromatic heterocycles. The van der Waals surface area contributed by atoms with Crippen LogP contribution in [0.4, 0.5) is 0 Å². The standard InChI is InChI=1S/C14H23NS/c16-12-13(7-3-1-4-8-13)11-14(15-12)9-5-2-6-10-14/h1-11H2,(H,15,16). The maximum Gasteiger partial charge on any atom is 0.0821 e. The number of nitrogens with one attached hydrogen (secondary N) is 1. The van der Waals surface area contributed by atoms with Gasteiger partial charge in [-0.25, -0.2) is 0 Å². The van der Waals surface area contributed by atoms with Gasteiger partial charge in [0.1, 0.15) is 0 Å². The van der Waals surface area contributed by atoms with E-state index in [9.17, 15) is 0 Å². The van der Waals surface area contributed by atoms with E-state index in [1.807, 2.05) is 0 Å². The predicted octanol–water partition coefficient (Wildman–Crippen LogP) is 3.96. The molecular weight excluding hydrogens is 214 g/mol. The van der Waals surface area contributed by atoms with Crippen LogP contribution in [-0.2, 0) is 0 Å². The highest BCUT2D eigenvalue weighted by Crippen LogP contribution is 2.51. The molecule has 16 heavy (non-hydrogen) atoms. The Morgan fingerprint density at radius 3 is 2.00 bits per heavy atom. The molecule has 0 amide bonds. The summed E-state index contributed by atoms with van der Waals surface area (Å²) in [6, 6.07) is 0. The van der Waals surface area contributed by atoms with E-state index in [-0.39, 0.29) is 0 Å². The molecule has 1 N–H and O–H groups in total. The van der Waals surface area contributed by atoms with Crippen LogP contribution in [0.3, 0.4) is 0 Å². The highest BCUT2D eigenvalue weighted by Gasteiger charge is 2.51. The summed E-state index contributed by atoms with van der Waals surface area (Å²) in [4.78, 5) is 1.23. The molecule has 1 nitrogen and oxygen atoms in total. The second-order valence-corrected chi connectivity index (χ2v) is 6.72. The van der Waals surface area contributed by atoms with Gasteiger partial charge in [0, 0.05) is 11.0 Å². The lowest BCUT2D eigenvalue weighted by atomic mass is 9.68. The monoisotopic (exact) mass is 237 g/mol. The van der Waals surface area contributed by atoms with Crippen molar-refractivity contribution in [3.8, 4) is 0 Å². The highest BCUT2D eigenvalue weighted by molar-refractivity contribution is 7.80. The summed E-state index contributed by atoms with van der Waals surface area (Å²) >= 11 is 5.69. The maximum atomic E-state index is 5.69. The lowest BCUT2D eigenvalue weighted by molar-refractivity contribution is 0.196. The lowest BCUT2D eigenvalue weighted by Gasteiger charge is -2.36. The minimum atomic E-state index is 0.422. The first-order valence-corrected chi connectivity index (χ1v) is 7.48. The van der Waals surface area contributed by atoms with E-state index in [2.05, 4.69) is 5.32 Å². The van der Waals surface area contributed by atoms with Crippen molar-refractivity contribution in [3.05, 3.63) is 0 Å². The third kappa shape index (κ3) is 1.70.